The van der Waals surface area contributed by atoms with Crippen molar-refractivity contribution in [3.05, 3.63) is 51.5 Å². The van der Waals surface area contributed by atoms with Gasteiger partial charge in [-0.2, -0.15) is 26.3 Å². The molecule has 0 aliphatic carbocycles. The van der Waals surface area contributed by atoms with Gasteiger partial charge in [-0.3, -0.25) is 0 Å². The van der Waals surface area contributed by atoms with E-state index in [9.17, 15) is 31.4 Å². The Balaban J connectivity index is 2.65. The summed E-state index contributed by atoms with van der Waals surface area (Å²) < 4.78 is 104. The number of ether oxygens (including phenoxy) is 4. The highest BCUT2D eigenvalue weighted by Crippen LogP contribution is 2.53. The normalized spacial score (nSPS) is 13.5. The molecule has 0 saturated heterocycles. The minimum Gasteiger partial charge on any atom is -0.493 e. The van der Waals surface area contributed by atoms with E-state index in [2.05, 4.69) is 41.3 Å². The molecule has 37 heavy (non-hydrogen) atoms. The molecule has 2 aromatic carbocycles. The average molecular weight is 668 g/mol. The molecule has 0 radical (unpaired) electrons. The summed E-state index contributed by atoms with van der Waals surface area (Å²) in [6.45, 7) is 2.50. The monoisotopic (exact) mass is 666 g/mol. The van der Waals surface area contributed by atoms with Crippen molar-refractivity contribution < 1.29 is 50.4 Å². The van der Waals surface area contributed by atoms with Gasteiger partial charge in [-0.25, -0.2) is 0 Å². The molecule has 2 aromatic rings. The molecule has 1 N–H and O–H groups in total. The summed E-state index contributed by atoms with van der Waals surface area (Å²) in [7, 11) is 0.924. The molecule has 0 fully saturated rings. The van der Waals surface area contributed by atoms with E-state index in [1.54, 1.807) is 19.9 Å². The molecule has 0 aliphatic rings. The van der Waals surface area contributed by atoms with Gasteiger partial charge in [-0.15, -0.1) is 0 Å². The summed E-state index contributed by atoms with van der Waals surface area (Å²) in [6, 6.07) is 5.55. The molecule has 0 aromatic heterocycles. The molecule has 0 amide bonds. The second kappa shape index (κ2) is 13.0. The molecular formula is C24H26Br2F6O5. The number of alkyl halides is 7. The molecule has 0 bridgehead atoms. The van der Waals surface area contributed by atoms with Gasteiger partial charge in [0.15, 0.2) is 0 Å². The average Bonchev–Trinajstić information content (AvgIpc) is 2.80. The number of halogens is 8. The van der Waals surface area contributed by atoms with Crippen LogP contribution in [0, 0.1) is 0 Å². The quantitative estimate of drug-likeness (QED) is 0.141. The van der Waals surface area contributed by atoms with E-state index >= 15 is 0 Å². The van der Waals surface area contributed by atoms with E-state index < -0.39 is 36.4 Å². The second-order valence-corrected chi connectivity index (χ2v) is 9.33. The number of hydrogen-bond acceptors (Lipinski definition) is 5. The number of hydrogen-bond donors (Lipinski definition) is 1. The molecule has 13 heteroatoms. The van der Waals surface area contributed by atoms with Gasteiger partial charge in [0.05, 0.1) is 17.2 Å². The van der Waals surface area contributed by atoms with Crippen LogP contribution in [0.3, 0.4) is 0 Å². The summed E-state index contributed by atoms with van der Waals surface area (Å²) in [6.07, 6.45) is -12.0. The van der Waals surface area contributed by atoms with Gasteiger partial charge in [0.2, 0.25) is 0 Å². The number of rotatable bonds is 12. The van der Waals surface area contributed by atoms with E-state index in [0.29, 0.717) is 28.3 Å². The van der Waals surface area contributed by atoms with Crippen LogP contribution in [0.1, 0.15) is 43.1 Å². The number of aliphatic hydroxyl groups excluding tert-OH is 1. The van der Waals surface area contributed by atoms with Crippen LogP contribution in [-0.2, 0) is 21.5 Å². The van der Waals surface area contributed by atoms with E-state index in [1.165, 1.54) is 6.07 Å². The Kier molecular flexibility index (Phi) is 11.1. The Morgan fingerprint density at radius 3 is 2.11 bits per heavy atom. The summed E-state index contributed by atoms with van der Waals surface area (Å²) in [4.78, 5) is 0. The molecule has 208 valence electrons. The fourth-order valence-corrected chi connectivity index (χ4v) is 4.41. The molecule has 1 atom stereocenters. The van der Waals surface area contributed by atoms with Crippen molar-refractivity contribution in [1.82, 2.24) is 0 Å². The van der Waals surface area contributed by atoms with Crippen LogP contribution in [0.15, 0.2) is 34.8 Å². The second-order valence-electron chi connectivity index (χ2n) is 7.83. The molecule has 0 aliphatic heterocycles. The lowest BCUT2D eigenvalue weighted by Gasteiger charge is -2.37. The van der Waals surface area contributed by atoms with Gasteiger partial charge in [0, 0.05) is 29.6 Å². The first-order chi connectivity index (χ1) is 17.3. The van der Waals surface area contributed by atoms with Gasteiger partial charge in [0.1, 0.15) is 24.0 Å². The molecule has 0 saturated carbocycles. The zero-order valence-electron chi connectivity index (χ0n) is 20.1. The van der Waals surface area contributed by atoms with Crippen LogP contribution >= 0.6 is 31.9 Å². The van der Waals surface area contributed by atoms with Gasteiger partial charge < -0.3 is 24.1 Å². The Morgan fingerprint density at radius 1 is 0.946 bits per heavy atom. The van der Waals surface area contributed by atoms with Crippen molar-refractivity contribution >= 4 is 31.9 Å². The summed E-state index contributed by atoms with van der Waals surface area (Å²) in [5.74, 6) is 0.544. The number of aryl methyl sites for hydroxylation is 1. The van der Waals surface area contributed by atoms with Crippen molar-refractivity contribution in [2.45, 2.75) is 50.7 Å². The summed E-state index contributed by atoms with van der Waals surface area (Å²) >= 11 is 6.54. The van der Waals surface area contributed by atoms with Crippen molar-refractivity contribution in [1.29, 1.82) is 0 Å². The van der Waals surface area contributed by atoms with E-state index in [0.717, 1.165) is 19.2 Å². The largest absolute Gasteiger partial charge is 0.493 e. The summed E-state index contributed by atoms with van der Waals surface area (Å²) in [5.41, 5.74) is -5.19. The Bertz CT molecular complexity index is 1030. The minimum atomic E-state index is -5.84. The van der Waals surface area contributed by atoms with Crippen LogP contribution in [0.2, 0.25) is 0 Å². The van der Waals surface area contributed by atoms with Crippen LogP contribution in [0.5, 0.6) is 17.2 Å². The van der Waals surface area contributed by atoms with Crippen LogP contribution < -0.4 is 9.47 Å². The highest BCUT2D eigenvalue weighted by Gasteiger charge is 2.73. The molecule has 5 nitrogen and oxygen atoms in total. The highest BCUT2D eigenvalue weighted by molar-refractivity contribution is 9.10. The first kappa shape index (κ1) is 31.7. The lowest BCUT2D eigenvalue weighted by molar-refractivity contribution is -0.400. The predicted octanol–water partition coefficient (Wildman–Crippen LogP) is 7.96. The van der Waals surface area contributed by atoms with Gasteiger partial charge in [-0.05, 0) is 53.0 Å². The van der Waals surface area contributed by atoms with Crippen LogP contribution in [0.25, 0.3) is 0 Å². The Hall–Kier alpha value is -1.54. The topological polar surface area (TPSA) is 57.2 Å². The van der Waals surface area contributed by atoms with E-state index in [4.69, 9.17) is 9.47 Å². The Morgan fingerprint density at radius 2 is 1.59 bits per heavy atom. The van der Waals surface area contributed by atoms with Crippen LogP contribution in [0.4, 0.5) is 26.3 Å². The minimum absolute atomic E-state index is 0.0486. The lowest BCUT2D eigenvalue weighted by Crippen LogP contribution is -2.56. The molecule has 2 rings (SSSR count). The van der Waals surface area contributed by atoms with E-state index in [1.807, 2.05) is 0 Å². The third kappa shape index (κ3) is 6.92. The smallest absolute Gasteiger partial charge is 0.430 e. The van der Waals surface area contributed by atoms with E-state index in [-0.39, 0.29) is 35.4 Å². The predicted molar refractivity (Wildman–Crippen MR) is 131 cm³/mol. The van der Waals surface area contributed by atoms with Crippen molar-refractivity contribution in [2.24, 2.45) is 0 Å². The number of methoxy groups -OCH3 is 1. The first-order valence-corrected chi connectivity index (χ1v) is 13.0. The SMILES string of the molecule is CCCc1cc(C(OCOC)(C(F)(F)F)C(F)(F)F)ccc1Oc1cc(OCC)c(C(O)CBr)cc1Br. The maximum Gasteiger partial charge on any atom is 0.430 e. The zero-order valence-corrected chi connectivity index (χ0v) is 23.3. The lowest BCUT2D eigenvalue weighted by atomic mass is 9.89. The fourth-order valence-electron chi connectivity index (χ4n) is 3.62. The first-order valence-electron chi connectivity index (χ1n) is 11.0. The third-order valence-electron chi connectivity index (χ3n) is 5.27. The van der Waals surface area contributed by atoms with Crippen LogP contribution in [-0.4, -0.2) is 43.3 Å². The molecule has 1 unspecified atom stereocenters. The standard InChI is InChI=1S/C24H26Br2F6O5/c1-4-6-14-9-15(22(23(27,28)29,24(30,31)32)36-13-34-3)7-8-19(14)37-21-11-20(35-5-2)16(10-17(21)26)18(33)12-25/h7-11,18,33H,4-6,12-13H2,1-3H3. The maximum atomic E-state index is 14.0. The number of benzene rings is 2. The molecule has 0 heterocycles. The fraction of sp³-hybridized carbons (Fsp3) is 0.500. The van der Waals surface area contributed by atoms with Gasteiger partial charge >= 0.3 is 12.4 Å². The van der Waals surface area contributed by atoms with Crippen molar-refractivity contribution in [3.8, 4) is 17.2 Å². The number of aliphatic hydroxyl groups is 1. The summed E-state index contributed by atoms with van der Waals surface area (Å²) in [5, 5.41) is 10.5. The molecular weight excluding hydrogens is 642 g/mol. The highest BCUT2D eigenvalue weighted by atomic mass is 79.9. The molecule has 0 spiro atoms. The third-order valence-corrected chi connectivity index (χ3v) is 6.50. The van der Waals surface area contributed by atoms with Crippen molar-refractivity contribution in [2.75, 3.05) is 25.8 Å². The zero-order chi connectivity index (χ0) is 28.0. The maximum absolute atomic E-state index is 14.0. The van der Waals surface area contributed by atoms with Gasteiger partial charge in [-0.1, -0.05) is 35.3 Å². The van der Waals surface area contributed by atoms with Gasteiger partial charge in [0.25, 0.3) is 5.60 Å². The Labute approximate surface area is 227 Å². The van der Waals surface area contributed by atoms with Crippen molar-refractivity contribution in [3.63, 3.8) is 0 Å².